The zero-order chi connectivity index (χ0) is 25.9. The van der Waals surface area contributed by atoms with Crippen molar-refractivity contribution >= 4 is 27.8 Å². The van der Waals surface area contributed by atoms with E-state index in [4.69, 9.17) is 9.47 Å². The molecule has 3 aromatic carbocycles. The minimum atomic E-state index is -3.96. The molecule has 0 spiro atoms. The molecular weight excluding hydrogens is 498 g/mol. The van der Waals surface area contributed by atoms with E-state index in [0.29, 0.717) is 23.5 Å². The van der Waals surface area contributed by atoms with E-state index in [-0.39, 0.29) is 16.7 Å². The van der Waals surface area contributed by atoms with Gasteiger partial charge in [-0.25, -0.2) is 8.42 Å². The minimum Gasteiger partial charge on any atom is -0.497 e. The smallest absolute Gasteiger partial charge is 0.308 e. The molecule has 1 saturated heterocycles. The number of benzene rings is 3. The van der Waals surface area contributed by atoms with Gasteiger partial charge in [0.25, 0.3) is 0 Å². The number of piperidine rings is 1. The first-order chi connectivity index (χ1) is 17.2. The number of sulfonamides is 1. The Kier molecular flexibility index (Phi) is 7.92. The molecule has 0 aliphatic carbocycles. The summed E-state index contributed by atoms with van der Waals surface area (Å²) in [7, 11) is -0.802. The van der Waals surface area contributed by atoms with E-state index in [1.165, 1.54) is 16.1 Å². The first-order valence-corrected chi connectivity index (χ1v) is 13.8. The Morgan fingerprint density at radius 2 is 1.53 bits per heavy atom. The van der Waals surface area contributed by atoms with Crippen LogP contribution in [0.1, 0.15) is 23.6 Å². The number of rotatable bonds is 8. The van der Waals surface area contributed by atoms with Crippen LogP contribution in [0.3, 0.4) is 0 Å². The van der Waals surface area contributed by atoms with Crippen LogP contribution in [0.25, 0.3) is 0 Å². The molecule has 9 heteroatoms. The fraction of sp³-hybridized carbons (Fsp3) is 0.296. The fourth-order valence-corrected chi connectivity index (χ4v) is 7.67. The number of carboxylic acids is 1. The Hall–Kier alpha value is -3.01. The summed E-state index contributed by atoms with van der Waals surface area (Å²) in [4.78, 5) is 13.5. The predicted molar refractivity (Wildman–Crippen MR) is 139 cm³/mol. The van der Waals surface area contributed by atoms with E-state index in [1.807, 2.05) is 36.4 Å². The average molecular weight is 528 g/mol. The molecule has 0 bridgehead atoms. The van der Waals surface area contributed by atoms with Crippen molar-refractivity contribution in [2.24, 2.45) is 5.92 Å². The highest BCUT2D eigenvalue weighted by Gasteiger charge is 2.45. The second kappa shape index (κ2) is 10.9. The van der Waals surface area contributed by atoms with Crippen LogP contribution < -0.4 is 9.47 Å². The van der Waals surface area contributed by atoms with Gasteiger partial charge in [0.05, 0.1) is 31.1 Å². The minimum absolute atomic E-state index is 0.128. The summed E-state index contributed by atoms with van der Waals surface area (Å²) >= 11 is 1.46. The van der Waals surface area contributed by atoms with Gasteiger partial charge in [0.2, 0.25) is 10.0 Å². The number of carboxylic acid groups (broad SMARTS) is 1. The van der Waals surface area contributed by atoms with Crippen molar-refractivity contribution in [2.45, 2.75) is 34.4 Å². The van der Waals surface area contributed by atoms with Crippen molar-refractivity contribution in [3.8, 4) is 11.5 Å². The Labute approximate surface area is 216 Å². The van der Waals surface area contributed by atoms with Gasteiger partial charge in [0, 0.05) is 16.7 Å². The van der Waals surface area contributed by atoms with Gasteiger partial charge in [-0.1, -0.05) is 30.3 Å². The lowest BCUT2D eigenvalue weighted by molar-refractivity contribution is -0.143. The maximum Gasteiger partial charge on any atom is 0.308 e. The molecule has 1 aliphatic heterocycles. The first-order valence-electron chi connectivity index (χ1n) is 11.5. The average Bonchev–Trinajstić information content (AvgIpc) is 2.89. The zero-order valence-electron chi connectivity index (χ0n) is 20.3. The van der Waals surface area contributed by atoms with Crippen LogP contribution >= 0.6 is 11.8 Å². The van der Waals surface area contributed by atoms with Crippen molar-refractivity contribution in [3.05, 3.63) is 83.9 Å². The monoisotopic (exact) mass is 527 g/mol. The maximum absolute atomic E-state index is 13.9. The van der Waals surface area contributed by atoms with Crippen LogP contribution in [0.5, 0.6) is 11.5 Å². The van der Waals surface area contributed by atoms with Crippen LogP contribution in [0.4, 0.5) is 0 Å². The quantitative estimate of drug-likeness (QED) is 0.440. The number of aliphatic carboxylic acids is 1. The highest BCUT2D eigenvalue weighted by Crippen LogP contribution is 2.44. The molecule has 0 saturated carbocycles. The van der Waals surface area contributed by atoms with Gasteiger partial charge < -0.3 is 14.6 Å². The molecular formula is C27H29NO6S2. The van der Waals surface area contributed by atoms with Crippen LogP contribution in [0.15, 0.2) is 82.6 Å². The topological polar surface area (TPSA) is 93.1 Å². The Morgan fingerprint density at radius 1 is 0.944 bits per heavy atom. The summed E-state index contributed by atoms with van der Waals surface area (Å²) in [5.74, 6) is -0.524. The van der Waals surface area contributed by atoms with Crippen LogP contribution in [0, 0.1) is 12.8 Å². The second-order valence-electron chi connectivity index (χ2n) is 8.64. The predicted octanol–water partition coefficient (Wildman–Crippen LogP) is 5.01. The Balaban J connectivity index is 1.75. The van der Waals surface area contributed by atoms with Crippen molar-refractivity contribution < 1.29 is 27.8 Å². The number of thioether (sulfide) groups is 1. The Morgan fingerprint density at radius 3 is 2.08 bits per heavy atom. The summed E-state index contributed by atoms with van der Waals surface area (Å²) in [5, 5.41) is 9.79. The lowest BCUT2D eigenvalue weighted by Crippen LogP contribution is -2.49. The van der Waals surface area contributed by atoms with Crippen molar-refractivity contribution in [2.75, 3.05) is 20.8 Å². The first kappa shape index (κ1) is 26.1. The summed E-state index contributed by atoms with van der Waals surface area (Å²) in [6.45, 7) is 1.62. The third kappa shape index (κ3) is 5.38. The van der Waals surface area contributed by atoms with E-state index in [2.05, 4.69) is 0 Å². The summed E-state index contributed by atoms with van der Waals surface area (Å²) in [6, 6.07) is 21.0. The van der Waals surface area contributed by atoms with Gasteiger partial charge in [0.15, 0.2) is 0 Å². The highest BCUT2D eigenvalue weighted by molar-refractivity contribution is 8.00. The van der Waals surface area contributed by atoms with E-state index >= 15 is 0 Å². The Bertz CT molecular complexity index is 1310. The molecule has 1 heterocycles. The SMILES string of the molecule is COc1ccc(S[C@@H]2C[C@@H](c3ccc(OC)cc3)N(S(=O)(=O)c3ccccc3C)C[C@H]2C(=O)O)cc1. The molecule has 7 nitrogen and oxygen atoms in total. The number of nitrogens with zero attached hydrogens (tertiary/aromatic N) is 1. The maximum atomic E-state index is 13.9. The molecule has 3 atom stereocenters. The molecule has 3 aromatic rings. The van der Waals surface area contributed by atoms with Gasteiger partial charge in [0.1, 0.15) is 11.5 Å². The summed E-state index contributed by atoms with van der Waals surface area (Å²) in [5.41, 5.74) is 1.41. The van der Waals surface area contributed by atoms with E-state index < -0.39 is 28.0 Å². The van der Waals surface area contributed by atoms with Gasteiger partial charge in [-0.05, 0) is 66.9 Å². The molecule has 190 valence electrons. The lowest BCUT2D eigenvalue weighted by atomic mass is 9.90. The van der Waals surface area contributed by atoms with Gasteiger partial charge in [-0.3, -0.25) is 4.79 Å². The molecule has 4 rings (SSSR count). The van der Waals surface area contributed by atoms with Crippen LogP contribution in [-0.2, 0) is 14.8 Å². The number of hydrogen-bond acceptors (Lipinski definition) is 6. The number of hydrogen-bond donors (Lipinski definition) is 1. The normalized spacial score (nSPS) is 20.6. The second-order valence-corrected chi connectivity index (χ2v) is 11.8. The molecule has 1 fully saturated rings. The van der Waals surface area contributed by atoms with Gasteiger partial charge in [-0.2, -0.15) is 4.31 Å². The standard InChI is InChI=1S/C27H29NO6S2/c1-18-6-4-5-7-26(18)36(31,32)28-17-23(27(29)30)25(35-22-14-12-21(34-3)13-15-22)16-24(28)19-8-10-20(33-2)11-9-19/h4-15,23-25H,16-17H2,1-3H3,(H,29,30)/t23-,24+,25-/m1/s1. The highest BCUT2D eigenvalue weighted by atomic mass is 32.2. The molecule has 0 unspecified atom stereocenters. The van der Waals surface area contributed by atoms with E-state index in [9.17, 15) is 18.3 Å². The van der Waals surface area contributed by atoms with Gasteiger partial charge in [-0.15, -0.1) is 11.8 Å². The third-order valence-corrected chi connectivity index (χ3v) is 9.88. The van der Waals surface area contributed by atoms with Crippen molar-refractivity contribution in [1.29, 1.82) is 0 Å². The largest absolute Gasteiger partial charge is 0.497 e. The molecule has 1 N–H and O–H groups in total. The molecule has 0 radical (unpaired) electrons. The number of carbonyl (C=O) groups is 1. The number of aryl methyl sites for hydroxylation is 1. The summed E-state index contributed by atoms with van der Waals surface area (Å²) < 4.78 is 39.7. The van der Waals surface area contributed by atoms with Crippen molar-refractivity contribution in [3.63, 3.8) is 0 Å². The van der Waals surface area contributed by atoms with Crippen molar-refractivity contribution in [1.82, 2.24) is 4.31 Å². The zero-order valence-corrected chi connectivity index (χ0v) is 22.0. The van der Waals surface area contributed by atoms with Crippen LogP contribution in [-0.4, -0.2) is 49.8 Å². The third-order valence-electron chi connectivity index (χ3n) is 6.47. The van der Waals surface area contributed by atoms with Crippen LogP contribution in [0.2, 0.25) is 0 Å². The molecule has 0 amide bonds. The number of ether oxygens (including phenoxy) is 2. The molecule has 1 aliphatic rings. The van der Waals surface area contributed by atoms with E-state index in [1.54, 1.807) is 57.5 Å². The molecule has 36 heavy (non-hydrogen) atoms. The van der Waals surface area contributed by atoms with Gasteiger partial charge >= 0.3 is 5.97 Å². The number of methoxy groups -OCH3 is 2. The molecule has 0 aromatic heterocycles. The summed E-state index contributed by atoms with van der Waals surface area (Å²) in [6.07, 6.45) is 0.338. The fourth-order valence-electron chi connectivity index (χ4n) is 4.50. The lowest BCUT2D eigenvalue weighted by Gasteiger charge is -2.42. The van der Waals surface area contributed by atoms with E-state index in [0.717, 1.165) is 10.5 Å².